The van der Waals surface area contributed by atoms with Crippen molar-refractivity contribution in [1.82, 2.24) is 0 Å². The molecule has 3 rings (SSSR count). The van der Waals surface area contributed by atoms with Crippen molar-refractivity contribution in [2.75, 3.05) is 0 Å². The lowest BCUT2D eigenvalue weighted by Gasteiger charge is -2.38. The number of Topliss-reactive ketones (excluding diaryl/α,β-unsaturated/α-hetero) is 1. The van der Waals surface area contributed by atoms with E-state index in [-0.39, 0.29) is 12.0 Å². The van der Waals surface area contributed by atoms with Gasteiger partial charge in [-0.25, -0.2) is 0 Å². The van der Waals surface area contributed by atoms with Crippen molar-refractivity contribution in [1.29, 1.82) is 0 Å². The van der Waals surface area contributed by atoms with Crippen molar-refractivity contribution in [3.8, 4) is 0 Å². The minimum atomic E-state index is -3.25. The maximum absolute atomic E-state index is 13.9. The minimum Gasteiger partial charge on any atom is -0.287 e. The maximum atomic E-state index is 13.9. The number of unbranched alkanes of at least 4 members (excludes halogenated alkanes) is 3. The molecule has 0 heterocycles. The van der Waals surface area contributed by atoms with Crippen molar-refractivity contribution in [3.05, 3.63) is 35.4 Å². The number of alkyl halides is 2. The molecule has 0 aliphatic heterocycles. The molecule has 0 aromatic heterocycles. The van der Waals surface area contributed by atoms with Gasteiger partial charge in [0.2, 0.25) is 5.78 Å². The first-order valence-electron chi connectivity index (χ1n) is 13.5. The molecular weight excluding hydrogens is 402 g/mol. The lowest BCUT2D eigenvalue weighted by atomic mass is 9.68. The number of hydrogen-bond donors (Lipinski definition) is 0. The van der Waals surface area contributed by atoms with Crippen LogP contribution in [0.5, 0.6) is 0 Å². The molecule has 0 bridgehead atoms. The monoisotopic (exact) mass is 446 g/mol. The predicted molar refractivity (Wildman–Crippen MR) is 130 cm³/mol. The summed E-state index contributed by atoms with van der Waals surface area (Å²) in [7, 11) is 0. The van der Waals surface area contributed by atoms with E-state index >= 15 is 0 Å². The van der Waals surface area contributed by atoms with Gasteiger partial charge in [-0.1, -0.05) is 83.1 Å². The summed E-state index contributed by atoms with van der Waals surface area (Å²) in [5.41, 5.74) is 1.36. The average molecular weight is 447 g/mol. The second kappa shape index (κ2) is 12.3. The highest BCUT2D eigenvalue weighted by molar-refractivity contribution is 6.01. The van der Waals surface area contributed by atoms with E-state index in [2.05, 4.69) is 6.92 Å². The first-order valence-corrected chi connectivity index (χ1v) is 13.5. The molecule has 32 heavy (non-hydrogen) atoms. The van der Waals surface area contributed by atoms with E-state index in [0.717, 1.165) is 17.8 Å². The van der Waals surface area contributed by atoms with E-state index in [1.165, 1.54) is 89.0 Å². The third-order valence-corrected chi connectivity index (χ3v) is 8.34. The molecule has 180 valence electrons. The summed E-state index contributed by atoms with van der Waals surface area (Å²) in [6.45, 7) is 3.96. The van der Waals surface area contributed by atoms with Gasteiger partial charge >= 0.3 is 5.92 Å². The second-order valence-electron chi connectivity index (χ2n) is 10.6. The Labute approximate surface area is 194 Å². The van der Waals surface area contributed by atoms with Crippen molar-refractivity contribution in [2.24, 2.45) is 17.8 Å². The molecule has 0 atom stereocenters. The van der Waals surface area contributed by atoms with Crippen LogP contribution in [0.25, 0.3) is 0 Å². The molecule has 2 aliphatic rings. The van der Waals surface area contributed by atoms with E-state index in [9.17, 15) is 13.6 Å². The number of benzene rings is 1. The predicted octanol–water partition coefficient (Wildman–Crippen LogP) is 9.36. The molecule has 0 unspecified atom stereocenters. The topological polar surface area (TPSA) is 17.1 Å². The molecule has 0 amide bonds. The number of hydrogen-bond acceptors (Lipinski definition) is 1. The van der Waals surface area contributed by atoms with Gasteiger partial charge in [-0.3, -0.25) is 4.79 Å². The van der Waals surface area contributed by atoms with Gasteiger partial charge in [0.25, 0.3) is 0 Å². The molecule has 1 aromatic carbocycles. The first-order chi connectivity index (χ1) is 15.4. The SMILES string of the molecule is CCCCCCC1CCC(C2CCC(c3ccc(C(=O)C(F)(F)CCC)cc3)CC2)CC1. The van der Waals surface area contributed by atoms with Crippen molar-refractivity contribution < 1.29 is 13.6 Å². The maximum Gasteiger partial charge on any atom is 0.309 e. The van der Waals surface area contributed by atoms with Crippen molar-refractivity contribution in [2.45, 2.75) is 122 Å². The molecule has 2 aliphatic carbocycles. The summed E-state index contributed by atoms with van der Waals surface area (Å²) in [4.78, 5) is 12.1. The van der Waals surface area contributed by atoms with E-state index in [1.807, 2.05) is 12.1 Å². The quantitative estimate of drug-likeness (QED) is 0.244. The second-order valence-corrected chi connectivity index (χ2v) is 10.6. The Bertz CT molecular complexity index is 680. The number of carbonyl (C=O) groups excluding carboxylic acids is 1. The van der Waals surface area contributed by atoms with Gasteiger partial charge in [0.05, 0.1) is 0 Å². The molecule has 1 aromatic rings. The summed E-state index contributed by atoms with van der Waals surface area (Å²) in [6.07, 6.45) is 17.7. The van der Waals surface area contributed by atoms with Gasteiger partial charge in [-0.2, -0.15) is 8.78 Å². The van der Waals surface area contributed by atoms with Crippen LogP contribution in [0.15, 0.2) is 24.3 Å². The molecule has 1 nitrogen and oxygen atoms in total. The van der Waals surface area contributed by atoms with Gasteiger partial charge in [-0.15, -0.1) is 0 Å². The lowest BCUT2D eigenvalue weighted by Crippen LogP contribution is -2.28. The standard InChI is InChI=1S/C29H44F2O/c1-3-5-6-7-8-22-9-11-23(12-10-22)24-13-15-25(16-14-24)26-17-19-27(20-18-26)28(32)29(30,31)21-4-2/h17-20,22-25H,3-16,21H2,1-2H3. The molecule has 0 spiro atoms. The summed E-state index contributed by atoms with van der Waals surface area (Å²) in [6, 6.07) is 7.08. The largest absolute Gasteiger partial charge is 0.309 e. The van der Waals surface area contributed by atoms with Crippen LogP contribution in [0.4, 0.5) is 8.78 Å². The van der Waals surface area contributed by atoms with E-state index in [4.69, 9.17) is 0 Å². The average Bonchev–Trinajstić information content (AvgIpc) is 2.82. The van der Waals surface area contributed by atoms with Crippen molar-refractivity contribution in [3.63, 3.8) is 0 Å². The zero-order valence-corrected chi connectivity index (χ0v) is 20.4. The Balaban J connectivity index is 1.43. The highest BCUT2D eigenvalue weighted by Crippen LogP contribution is 2.44. The highest BCUT2D eigenvalue weighted by Gasteiger charge is 2.38. The number of halogens is 2. The fourth-order valence-electron chi connectivity index (χ4n) is 6.28. The van der Waals surface area contributed by atoms with Crippen LogP contribution in [0, 0.1) is 17.8 Å². The Morgan fingerprint density at radius 1 is 0.812 bits per heavy atom. The van der Waals surface area contributed by atoms with Crippen LogP contribution >= 0.6 is 0 Å². The van der Waals surface area contributed by atoms with Crippen LogP contribution in [0.3, 0.4) is 0 Å². The number of rotatable bonds is 11. The first kappa shape index (κ1) is 25.4. The van der Waals surface area contributed by atoms with Gasteiger partial charge in [0.1, 0.15) is 0 Å². The third-order valence-electron chi connectivity index (χ3n) is 8.34. The Kier molecular flexibility index (Phi) is 9.74. The molecule has 0 radical (unpaired) electrons. The number of ketones is 1. The van der Waals surface area contributed by atoms with Crippen LogP contribution in [-0.2, 0) is 0 Å². The smallest absolute Gasteiger partial charge is 0.287 e. The molecule has 2 saturated carbocycles. The van der Waals surface area contributed by atoms with E-state index < -0.39 is 11.7 Å². The van der Waals surface area contributed by atoms with Crippen molar-refractivity contribution >= 4 is 5.78 Å². The molecule has 2 fully saturated rings. The summed E-state index contributed by atoms with van der Waals surface area (Å²) in [5, 5.41) is 0. The highest BCUT2D eigenvalue weighted by atomic mass is 19.3. The van der Waals surface area contributed by atoms with E-state index in [0.29, 0.717) is 12.3 Å². The lowest BCUT2D eigenvalue weighted by molar-refractivity contribution is 0.00453. The van der Waals surface area contributed by atoms with Crippen LogP contribution in [0.2, 0.25) is 0 Å². The van der Waals surface area contributed by atoms with Crippen LogP contribution < -0.4 is 0 Å². The molecule has 3 heteroatoms. The summed E-state index contributed by atoms with van der Waals surface area (Å²) >= 11 is 0. The van der Waals surface area contributed by atoms with Gasteiger partial charge in [-0.05, 0) is 74.2 Å². The van der Waals surface area contributed by atoms with Gasteiger partial charge < -0.3 is 0 Å². The Morgan fingerprint density at radius 3 is 1.97 bits per heavy atom. The normalized spacial score (nSPS) is 26.8. The number of carbonyl (C=O) groups is 1. The van der Waals surface area contributed by atoms with Gasteiger partial charge in [0.15, 0.2) is 0 Å². The Morgan fingerprint density at radius 2 is 1.41 bits per heavy atom. The fourth-order valence-corrected chi connectivity index (χ4v) is 6.28. The zero-order chi connectivity index (χ0) is 23.0. The molecule has 0 N–H and O–H groups in total. The minimum absolute atomic E-state index is 0.146. The zero-order valence-electron chi connectivity index (χ0n) is 20.4. The molecular formula is C29H44F2O. The van der Waals surface area contributed by atoms with E-state index in [1.54, 1.807) is 19.1 Å². The van der Waals surface area contributed by atoms with Crippen LogP contribution in [-0.4, -0.2) is 11.7 Å². The fraction of sp³-hybridized carbons (Fsp3) is 0.759. The third kappa shape index (κ3) is 6.87. The summed E-state index contributed by atoms with van der Waals surface area (Å²) < 4.78 is 27.9. The van der Waals surface area contributed by atoms with Gasteiger partial charge in [0, 0.05) is 12.0 Å². The van der Waals surface area contributed by atoms with Crippen LogP contribution in [0.1, 0.15) is 132 Å². The summed E-state index contributed by atoms with van der Waals surface area (Å²) in [5.74, 6) is -0.991. The Hall–Kier alpha value is -1.25. The molecule has 0 saturated heterocycles.